The van der Waals surface area contributed by atoms with Crippen LogP contribution in [0.15, 0.2) is 12.3 Å². The molecule has 0 amide bonds. The van der Waals surface area contributed by atoms with Crippen molar-refractivity contribution in [2.75, 3.05) is 7.11 Å². The van der Waals surface area contributed by atoms with Crippen LogP contribution < -0.4 is 0 Å². The summed E-state index contributed by atoms with van der Waals surface area (Å²) < 4.78 is 9.63. The van der Waals surface area contributed by atoms with Gasteiger partial charge in [0, 0.05) is 0 Å². The van der Waals surface area contributed by atoms with Crippen molar-refractivity contribution in [3.05, 3.63) is 12.3 Å². The van der Waals surface area contributed by atoms with E-state index in [0.29, 0.717) is 0 Å². The van der Waals surface area contributed by atoms with Crippen molar-refractivity contribution in [1.29, 1.82) is 0 Å². The summed E-state index contributed by atoms with van der Waals surface area (Å²) in [5, 5.41) is 0. The summed E-state index contributed by atoms with van der Waals surface area (Å²) >= 11 is 0. The Balaban J connectivity index is 3.80. The molecule has 0 unspecified atom stereocenters. The van der Waals surface area contributed by atoms with Crippen LogP contribution in [0.1, 0.15) is 0 Å². The molecule has 0 spiro atoms. The Morgan fingerprint density at radius 1 is 1.36 bits per heavy atom. The number of carbonyl (C=O) groups is 1. The summed E-state index contributed by atoms with van der Waals surface area (Å²) in [6.07, 6.45) is 2.58. The first-order valence-corrected chi connectivity index (χ1v) is 6.79. The second-order valence-corrected chi connectivity index (χ2v) is 7.50. The Morgan fingerprint density at radius 2 is 1.91 bits per heavy atom. The van der Waals surface area contributed by atoms with E-state index in [9.17, 15) is 4.79 Å². The molecule has 0 atom stereocenters. The van der Waals surface area contributed by atoms with Gasteiger partial charge in [-0.2, -0.15) is 0 Å². The highest BCUT2D eigenvalue weighted by Crippen LogP contribution is 2.02. The van der Waals surface area contributed by atoms with Crippen molar-refractivity contribution in [1.82, 2.24) is 0 Å². The van der Waals surface area contributed by atoms with Crippen LogP contribution in [0.5, 0.6) is 0 Å². The summed E-state index contributed by atoms with van der Waals surface area (Å²) in [6.45, 7) is 5.85. The molecule has 0 heterocycles. The molecule has 0 aromatic rings. The number of methoxy groups -OCH3 is 1. The number of hydrogen-bond donors (Lipinski definition) is 0. The maximum atomic E-state index is 10.9. The van der Waals surface area contributed by atoms with E-state index in [0.717, 1.165) is 0 Å². The Hall–Kier alpha value is -0.773. The number of hydrogen-bond acceptors (Lipinski definition) is 3. The summed E-state index contributed by atoms with van der Waals surface area (Å²) in [6, 6.07) is 0. The lowest BCUT2D eigenvalue weighted by Gasteiger charge is -2.15. The summed E-state index contributed by atoms with van der Waals surface area (Å²) in [5.41, 5.74) is 0. The molecule has 0 saturated heterocycles. The Kier molecular flexibility index (Phi) is 3.88. The van der Waals surface area contributed by atoms with E-state index in [2.05, 4.69) is 4.74 Å². The normalized spacial score (nSPS) is 11.6. The molecule has 0 aliphatic carbocycles. The first kappa shape index (κ1) is 10.2. The van der Waals surface area contributed by atoms with Gasteiger partial charge in [-0.3, -0.25) is 0 Å². The molecule has 64 valence electrons. The van der Waals surface area contributed by atoms with Gasteiger partial charge in [0.15, 0.2) is 0 Å². The van der Waals surface area contributed by atoms with Crippen LogP contribution in [-0.2, 0) is 14.0 Å². The molecule has 0 radical (unpaired) electrons. The molecule has 11 heavy (non-hydrogen) atoms. The molecule has 0 N–H and O–H groups in total. The van der Waals surface area contributed by atoms with Crippen LogP contribution in [0.3, 0.4) is 0 Å². The Bertz CT molecular complexity index is 158. The van der Waals surface area contributed by atoms with Gasteiger partial charge >= 0.3 is 5.97 Å². The minimum absolute atomic E-state index is 0.328. The topological polar surface area (TPSA) is 35.5 Å². The fourth-order valence-corrected chi connectivity index (χ4v) is 1.13. The Labute approximate surface area is 68.1 Å². The molecule has 3 nitrogen and oxygen atoms in total. The molecule has 4 heteroatoms. The first-order chi connectivity index (χ1) is 4.95. The molecule has 0 aromatic heterocycles. The minimum Gasteiger partial charge on any atom is -0.517 e. The second-order valence-electron chi connectivity index (χ2n) is 3.07. The first-order valence-electron chi connectivity index (χ1n) is 3.38. The van der Waals surface area contributed by atoms with Gasteiger partial charge < -0.3 is 9.16 Å². The van der Waals surface area contributed by atoms with E-state index in [4.69, 9.17) is 4.43 Å². The zero-order valence-electron chi connectivity index (χ0n) is 7.38. The van der Waals surface area contributed by atoms with Crippen LogP contribution in [0.25, 0.3) is 0 Å². The smallest absolute Gasteiger partial charge is 0.320 e. The average Bonchev–Trinajstić information content (AvgIpc) is 1.79. The van der Waals surface area contributed by atoms with Crippen LogP contribution in [-0.4, -0.2) is 21.4 Å². The maximum absolute atomic E-state index is 10.9. The van der Waals surface area contributed by atoms with Crippen LogP contribution in [0.4, 0.5) is 0 Å². The average molecular weight is 174 g/mol. The van der Waals surface area contributed by atoms with E-state index < -0.39 is 8.32 Å². The largest absolute Gasteiger partial charge is 0.517 e. The third kappa shape index (κ3) is 7.12. The van der Waals surface area contributed by atoms with Crippen molar-refractivity contribution in [2.45, 2.75) is 19.6 Å². The van der Waals surface area contributed by atoms with E-state index in [-0.39, 0.29) is 5.97 Å². The number of rotatable bonds is 3. The molecule has 0 rings (SSSR count). The summed E-state index contributed by atoms with van der Waals surface area (Å²) in [5.74, 6) is -0.328. The van der Waals surface area contributed by atoms with Crippen molar-refractivity contribution >= 4 is 14.3 Å². The molecular weight excluding hydrogens is 160 g/mol. The van der Waals surface area contributed by atoms with E-state index in [1.807, 2.05) is 19.6 Å². The number of carbonyl (C=O) groups excluding carboxylic acids is 1. The molecule has 0 aliphatic rings. The standard InChI is InChI=1S/C7H14O3Si/c1-9-6-5-7(8)10-11(2,3)4/h5-6H,1-4H3. The van der Waals surface area contributed by atoms with Gasteiger partial charge in [-0.15, -0.1) is 0 Å². The third-order valence-electron chi connectivity index (χ3n) is 0.747. The van der Waals surface area contributed by atoms with Crippen LogP contribution >= 0.6 is 0 Å². The Morgan fingerprint density at radius 3 is 2.27 bits per heavy atom. The molecule has 0 bridgehead atoms. The fourth-order valence-electron chi connectivity index (χ4n) is 0.459. The van der Waals surface area contributed by atoms with Gasteiger partial charge in [0.2, 0.25) is 8.32 Å². The third-order valence-corrected chi connectivity index (χ3v) is 1.56. The number of ether oxygens (including phenoxy) is 1. The lowest BCUT2D eigenvalue weighted by Crippen LogP contribution is -2.28. The summed E-state index contributed by atoms with van der Waals surface area (Å²) in [4.78, 5) is 10.9. The van der Waals surface area contributed by atoms with Crippen molar-refractivity contribution < 1.29 is 14.0 Å². The van der Waals surface area contributed by atoms with Gasteiger partial charge in [-0.25, -0.2) is 4.79 Å². The highest BCUT2D eigenvalue weighted by molar-refractivity contribution is 6.71. The highest BCUT2D eigenvalue weighted by atomic mass is 28.4. The van der Waals surface area contributed by atoms with Crippen molar-refractivity contribution in [3.63, 3.8) is 0 Å². The molecular formula is C7H14O3Si. The van der Waals surface area contributed by atoms with Crippen molar-refractivity contribution in [3.8, 4) is 0 Å². The van der Waals surface area contributed by atoms with Gasteiger partial charge in [0.05, 0.1) is 19.4 Å². The monoisotopic (exact) mass is 174 g/mol. The van der Waals surface area contributed by atoms with Gasteiger partial charge in [-0.05, 0) is 19.6 Å². The molecule has 0 fully saturated rings. The lowest BCUT2D eigenvalue weighted by molar-refractivity contribution is -0.129. The predicted molar refractivity (Wildman–Crippen MR) is 45.6 cm³/mol. The quantitative estimate of drug-likeness (QED) is 0.370. The SMILES string of the molecule is COC=CC(=O)O[Si](C)(C)C. The molecule has 0 aliphatic heterocycles. The highest BCUT2D eigenvalue weighted by Gasteiger charge is 2.17. The van der Waals surface area contributed by atoms with E-state index in [1.165, 1.54) is 19.4 Å². The molecule has 0 aromatic carbocycles. The minimum atomic E-state index is -1.73. The fraction of sp³-hybridized carbons (Fsp3) is 0.571. The maximum Gasteiger partial charge on any atom is 0.320 e. The van der Waals surface area contributed by atoms with Crippen LogP contribution in [0, 0.1) is 0 Å². The van der Waals surface area contributed by atoms with Crippen LogP contribution in [0.2, 0.25) is 19.6 Å². The van der Waals surface area contributed by atoms with E-state index >= 15 is 0 Å². The predicted octanol–water partition coefficient (Wildman–Crippen LogP) is 1.52. The summed E-state index contributed by atoms with van der Waals surface area (Å²) in [7, 11) is -0.242. The zero-order valence-corrected chi connectivity index (χ0v) is 8.38. The lowest BCUT2D eigenvalue weighted by atomic mass is 10.6. The molecule has 0 saturated carbocycles. The van der Waals surface area contributed by atoms with Gasteiger partial charge in [-0.1, -0.05) is 0 Å². The van der Waals surface area contributed by atoms with E-state index in [1.54, 1.807) is 0 Å². The second kappa shape index (κ2) is 4.18. The van der Waals surface area contributed by atoms with Crippen molar-refractivity contribution in [2.24, 2.45) is 0 Å². The zero-order chi connectivity index (χ0) is 8.91. The van der Waals surface area contributed by atoms with Gasteiger partial charge in [0.1, 0.15) is 0 Å². The van der Waals surface area contributed by atoms with Gasteiger partial charge in [0.25, 0.3) is 0 Å².